The van der Waals surface area contributed by atoms with Gasteiger partial charge in [-0.3, -0.25) is 5.10 Å². The monoisotopic (exact) mass is 338 g/mol. The van der Waals surface area contributed by atoms with Crippen LogP contribution in [0, 0.1) is 25.5 Å². The van der Waals surface area contributed by atoms with Crippen LogP contribution in [0.25, 0.3) is 11.1 Å². The molecule has 0 aliphatic heterocycles. The van der Waals surface area contributed by atoms with Gasteiger partial charge in [-0.25, -0.2) is 0 Å². The Kier molecular flexibility index (Phi) is 4.37. The molecule has 0 spiro atoms. The van der Waals surface area contributed by atoms with Crippen LogP contribution in [0.2, 0.25) is 0 Å². The van der Waals surface area contributed by atoms with Gasteiger partial charge in [0.25, 0.3) is 0 Å². The Morgan fingerprint density at radius 2 is 1.92 bits per heavy atom. The third-order valence-corrected chi connectivity index (χ3v) is 4.64. The van der Waals surface area contributed by atoms with Gasteiger partial charge in [0.2, 0.25) is 4.77 Å². The molecule has 0 bridgehead atoms. The van der Waals surface area contributed by atoms with E-state index in [1.807, 2.05) is 13.1 Å². The van der Waals surface area contributed by atoms with Gasteiger partial charge in [-0.15, -0.1) is 0 Å². The van der Waals surface area contributed by atoms with E-state index < -0.39 is 0 Å². The smallest absolute Gasteiger partial charge is 0.216 e. The van der Waals surface area contributed by atoms with Gasteiger partial charge in [-0.1, -0.05) is 32.0 Å². The van der Waals surface area contributed by atoms with Gasteiger partial charge in [0.1, 0.15) is 5.82 Å². The number of H-pyrrole nitrogens is 1. The molecule has 4 nitrogen and oxygen atoms in total. The van der Waals surface area contributed by atoms with Gasteiger partial charge >= 0.3 is 0 Å². The zero-order valence-corrected chi connectivity index (χ0v) is 15.5. The summed E-state index contributed by atoms with van der Waals surface area (Å²) >= 11 is 5.21. The van der Waals surface area contributed by atoms with E-state index in [9.17, 15) is 0 Å². The van der Waals surface area contributed by atoms with Crippen LogP contribution in [0.1, 0.15) is 47.8 Å². The lowest BCUT2D eigenvalue weighted by Crippen LogP contribution is -1.94. The zero-order chi connectivity index (χ0) is 17.4. The van der Waals surface area contributed by atoms with E-state index in [1.165, 1.54) is 27.8 Å². The molecule has 0 fully saturated rings. The lowest BCUT2D eigenvalue weighted by Gasteiger charge is -2.04. The minimum absolute atomic E-state index is 0.498. The highest BCUT2D eigenvalue weighted by atomic mass is 32.1. The number of aromatic amines is 1. The summed E-state index contributed by atoms with van der Waals surface area (Å²) in [7, 11) is 0. The van der Waals surface area contributed by atoms with Crippen LogP contribution in [0.3, 0.4) is 0 Å². The molecular formula is C19H22N4S. The second-order valence-corrected chi connectivity index (χ2v) is 6.91. The molecule has 0 amide bonds. The Labute approximate surface area is 147 Å². The quantitative estimate of drug-likeness (QED) is 0.541. The molecule has 1 N–H and O–H groups in total. The Hall–Kier alpha value is -2.27. The van der Waals surface area contributed by atoms with E-state index in [-0.39, 0.29) is 0 Å². The summed E-state index contributed by atoms with van der Waals surface area (Å²) in [6.07, 6.45) is 1.87. The third-order valence-electron chi connectivity index (χ3n) is 4.38. The van der Waals surface area contributed by atoms with Crippen LogP contribution in [-0.4, -0.2) is 21.1 Å². The Bertz CT molecular complexity index is 947. The lowest BCUT2D eigenvalue weighted by atomic mass is 10.0. The SMILES string of the molecule is Cc1cc(C=Nn2c(C)n[nH]c2=S)c2c(C)ccc(C(C)C)cc1-2. The van der Waals surface area contributed by atoms with Crippen molar-refractivity contribution in [3.05, 3.63) is 57.1 Å². The van der Waals surface area contributed by atoms with E-state index >= 15 is 0 Å². The molecule has 2 aliphatic rings. The maximum Gasteiger partial charge on any atom is 0.216 e. The molecule has 24 heavy (non-hydrogen) atoms. The molecule has 0 unspecified atom stereocenters. The molecule has 0 radical (unpaired) electrons. The van der Waals surface area contributed by atoms with Gasteiger partial charge in [0.05, 0.1) is 6.21 Å². The average molecular weight is 338 g/mol. The minimum atomic E-state index is 0.498. The average Bonchev–Trinajstić information content (AvgIpc) is 2.93. The van der Waals surface area contributed by atoms with E-state index in [0.29, 0.717) is 10.7 Å². The highest BCUT2D eigenvalue weighted by Gasteiger charge is 2.15. The number of hydrogen-bond donors (Lipinski definition) is 1. The normalized spacial score (nSPS) is 11.9. The van der Waals surface area contributed by atoms with Crippen LogP contribution < -0.4 is 0 Å². The van der Waals surface area contributed by atoms with Crippen LogP contribution in [0.4, 0.5) is 0 Å². The summed E-state index contributed by atoms with van der Waals surface area (Å²) in [5.74, 6) is 1.24. The molecule has 0 saturated carbocycles. The third kappa shape index (κ3) is 2.91. The molecule has 1 heterocycles. The number of fused-ring (bicyclic) bond motifs is 1. The summed E-state index contributed by atoms with van der Waals surface area (Å²) in [4.78, 5) is 0. The van der Waals surface area contributed by atoms with Gasteiger partial charge < -0.3 is 0 Å². The number of rotatable bonds is 3. The molecule has 3 rings (SSSR count). The van der Waals surface area contributed by atoms with Gasteiger partial charge in [-0.05, 0) is 72.8 Å². The van der Waals surface area contributed by atoms with E-state index in [1.54, 1.807) is 4.68 Å². The summed E-state index contributed by atoms with van der Waals surface area (Å²) in [5, 5.41) is 11.4. The number of nitrogens with one attached hydrogen (secondary N) is 1. The molecule has 2 aliphatic carbocycles. The topological polar surface area (TPSA) is 46.0 Å². The minimum Gasteiger partial charge on any atom is -0.250 e. The molecular weight excluding hydrogens is 316 g/mol. The Morgan fingerprint density at radius 1 is 1.17 bits per heavy atom. The second kappa shape index (κ2) is 6.32. The van der Waals surface area contributed by atoms with Gasteiger partial charge in [-0.2, -0.15) is 14.9 Å². The van der Waals surface area contributed by atoms with E-state index in [2.05, 4.69) is 67.3 Å². The van der Waals surface area contributed by atoms with Crippen molar-refractivity contribution in [3.63, 3.8) is 0 Å². The molecule has 124 valence electrons. The summed E-state index contributed by atoms with van der Waals surface area (Å²) in [5.41, 5.74) is 7.50. The fourth-order valence-electron chi connectivity index (χ4n) is 2.97. The molecule has 0 aromatic carbocycles. The number of aryl methyl sites for hydroxylation is 3. The van der Waals surface area contributed by atoms with Crippen LogP contribution in [0.15, 0.2) is 29.4 Å². The standard InChI is InChI=1S/C19H22N4S/c1-11(2)15-7-6-12(3)18-16(8-13(4)17(18)9-15)10-20-23-14(5)21-22-19(23)24/h6-11H,1-5H3,(H,22,24). The summed E-state index contributed by atoms with van der Waals surface area (Å²) < 4.78 is 2.14. The Morgan fingerprint density at radius 3 is 2.54 bits per heavy atom. The Balaban J connectivity index is 2.14. The highest BCUT2D eigenvalue weighted by Crippen LogP contribution is 2.35. The first-order valence-electron chi connectivity index (χ1n) is 8.10. The predicted octanol–water partition coefficient (Wildman–Crippen LogP) is 4.98. The van der Waals surface area contributed by atoms with Crippen molar-refractivity contribution < 1.29 is 0 Å². The number of hydrogen-bond acceptors (Lipinski definition) is 3. The number of nitrogens with zero attached hydrogens (tertiary/aromatic N) is 3. The maximum absolute atomic E-state index is 5.21. The maximum atomic E-state index is 5.21. The van der Waals surface area contributed by atoms with Crippen molar-refractivity contribution in [2.24, 2.45) is 5.10 Å². The van der Waals surface area contributed by atoms with Crippen molar-refractivity contribution in [2.75, 3.05) is 0 Å². The molecule has 0 saturated heterocycles. The van der Waals surface area contributed by atoms with Crippen molar-refractivity contribution in [3.8, 4) is 11.1 Å². The first kappa shape index (κ1) is 16.6. The molecule has 1 aromatic heterocycles. The summed E-state index contributed by atoms with van der Waals surface area (Å²) in [6.45, 7) is 10.6. The first-order valence-corrected chi connectivity index (χ1v) is 8.51. The van der Waals surface area contributed by atoms with Crippen molar-refractivity contribution in [1.82, 2.24) is 14.9 Å². The van der Waals surface area contributed by atoms with Gasteiger partial charge in [0.15, 0.2) is 0 Å². The largest absolute Gasteiger partial charge is 0.250 e. The lowest BCUT2D eigenvalue weighted by molar-refractivity contribution is 0.821. The van der Waals surface area contributed by atoms with Crippen molar-refractivity contribution in [2.45, 2.75) is 40.5 Å². The van der Waals surface area contributed by atoms with Crippen LogP contribution in [0.5, 0.6) is 0 Å². The number of aromatic nitrogens is 3. The zero-order valence-electron chi connectivity index (χ0n) is 14.7. The summed E-state index contributed by atoms with van der Waals surface area (Å²) in [6, 6.07) is 8.90. The van der Waals surface area contributed by atoms with Crippen LogP contribution >= 0.6 is 12.2 Å². The predicted molar refractivity (Wildman–Crippen MR) is 102 cm³/mol. The van der Waals surface area contributed by atoms with Crippen molar-refractivity contribution >= 4 is 18.4 Å². The first-order chi connectivity index (χ1) is 11.4. The van der Waals surface area contributed by atoms with Gasteiger partial charge in [0, 0.05) is 5.56 Å². The van der Waals surface area contributed by atoms with E-state index in [0.717, 1.165) is 11.4 Å². The van der Waals surface area contributed by atoms with Crippen molar-refractivity contribution in [1.29, 1.82) is 0 Å². The highest BCUT2D eigenvalue weighted by molar-refractivity contribution is 7.71. The fraction of sp³-hybridized carbons (Fsp3) is 0.316. The molecule has 5 heteroatoms. The second-order valence-electron chi connectivity index (χ2n) is 6.52. The molecule has 1 aromatic rings. The fourth-order valence-corrected chi connectivity index (χ4v) is 3.19. The molecule has 0 atom stereocenters. The van der Waals surface area contributed by atoms with E-state index in [4.69, 9.17) is 12.2 Å². The van der Waals surface area contributed by atoms with Crippen LogP contribution in [-0.2, 0) is 0 Å².